The molecule has 40 heavy (non-hydrogen) atoms. The number of benzene rings is 3. The number of likely N-dealkylation sites (tertiary alicyclic amines) is 1. The normalized spacial score (nSPS) is 25.1. The number of aliphatic hydroxyl groups excluding tert-OH is 2. The molecule has 0 bridgehead atoms. The first-order chi connectivity index (χ1) is 19.5. The van der Waals surface area contributed by atoms with Crippen molar-refractivity contribution in [1.29, 1.82) is 0 Å². The van der Waals surface area contributed by atoms with Crippen molar-refractivity contribution in [2.75, 3.05) is 19.7 Å². The number of nitrogens with one attached hydrogen (secondary N) is 1. The zero-order valence-electron chi connectivity index (χ0n) is 23.3. The van der Waals surface area contributed by atoms with Crippen LogP contribution in [0.5, 0.6) is 0 Å². The molecule has 7 nitrogen and oxygen atoms in total. The Morgan fingerprint density at radius 3 is 2.40 bits per heavy atom. The molecule has 5 atom stereocenters. The number of ether oxygens (including phenoxy) is 2. The van der Waals surface area contributed by atoms with E-state index in [4.69, 9.17) is 9.47 Å². The molecule has 2 saturated heterocycles. The van der Waals surface area contributed by atoms with Crippen molar-refractivity contribution in [1.82, 2.24) is 10.2 Å². The zero-order chi connectivity index (χ0) is 28.1. The lowest BCUT2D eigenvalue weighted by Gasteiger charge is -2.43. The van der Waals surface area contributed by atoms with Crippen LogP contribution >= 0.6 is 0 Å². The highest BCUT2D eigenvalue weighted by Gasteiger charge is 2.40. The van der Waals surface area contributed by atoms with Gasteiger partial charge in [-0.05, 0) is 47.2 Å². The van der Waals surface area contributed by atoms with Crippen molar-refractivity contribution in [2.24, 2.45) is 5.92 Å². The number of rotatable bonds is 9. The second-order valence-corrected chi connectivity index (χ2v) is 11.0. The number of aliphatic hydroxyl groups is 2. The van der Waals surface area contributed by atoms with E-state index >= 15 is 0 Å². The molecule has 1 amide bonds. The predicted octanol–water partition coefficient (Wildman–Crippen LogP) is 4.73. The first-order valence-corrected chi connectivity index (χ1v) is 14.2. The van der Waals surface area contributed by atoms with E-state index < -0.39 is 6.29 Å². The average molecular weight is 545 g/mol. The number of hydrogen-bond acceptors (Lipinski definition) is 6. The van der Waals surface area contributed by atoms with Gasteiger partial charge in [0, 0.05) is 37.5 Å². The third-order valence-corrected chi connectivity index (χ3v) is 8.29. The number of hydrogen-bond donors (Lipinski definition) is 3. The molecular formula is C33H40N2O5. The molecule has 3 aromatic carbocycles. The summed E-state index contributed by atoms with van der Waals surface area (Å²) < 4.78 is 13.3. The van der Waals surface area contributed by atoms with Crippen molar-refractivity contribution in [3.05, 3.63) is 95.1 Å². The maximum absolute atomic E-state index is 11.5. The summed E-state index contributed by atoms with van der Waals surface area (Å²) in [6, 6.07) is 24.5. The lowest BCUT2D eigenvalue weighted by Crippen LogP contribution is -2.46. The smallest absolute Gasteiger partial charge is 0.217 e. The van der Waals surface area contributed by atoms with Crippen LogP contribution < -0.4 is 5.32 Å². The Bertz CT molecular complexity index is 1260. The van der Waals surface area contributed by atoms with Crippen LogP contribution in [0.1, 0.15) is 61.3 Å². The summed E-state index contributed by atoms with van der Waals surface area (Å²) in [6.07, 6.45) is 1.30. The molecule has 5 rings (SSSR count). The van der Waals surface area contributed by atoms with Crippen LogP contribution in [-0.2, 0) is 27.4 Å². The average Bonchev–Trinajstić information content (AvgIpc) is 3.44. The van der Waals surface area contributed by atoms with Crippen LogP contribution in [0.4, 0.5) is 0 Å². The topological polar surface area (TPSA) is 91.3 Å². The van der Waals surface area contributed by atoms with Gasteiger partial charge in [-0.25, -0.2) is 0 Å². The van der Waals surface area contributed by atoms with E-state index in [0.717, 1.165) is 59.3 Å². The summed E-state index contributed by atoms with van der Waals surface area (Å²) in [5.74, 6) is 0.0384. The molecular weight excluding hydrogens is 504 g/mol. The summed E-state index contributed by atoms with van der Waals surface area (Å²) in [5.41, 5.74) is 6.06. The predicted molar refractivity (Wildman–Crippen MR) is 154 cm³/mol. The first-order valence-electron chi connectivity index (χ1n) is 14.2. The quantitative estimate of drug-likeness (QED) is 0.361. The fraction of sp³-hybridized carbons (Fsp3) is 0.424. The minimum atomic E-state index is -0.539. The number of carbonyl (C=O) groups excluding carboxylic acids is 1. The highest BCUT2D eigenvalue weighted by Crippen LogP contribution is 2.42. The minimum Gasteiger partial charge on any atom is -0.395 e. The number of nitrogens with zero attached hydrogens (tertiary/aromatic N) is 1. The molecule has 2 fully saturated rings. The van der Waals surface area contributed by atoms with Gasteiger partial charge in [0.1, 0.15) is 0 Å². The van der Waals surface area contributed by atoms with Gasteiger partial charge >= 0.3 is 0 Å². The molecule has 0 aromatic heterocycles. The molecule has 3 aromatic rings. The SMILES string of the molecule is CC(=O)NCc1ccccc1-c1ccc([C@@H]2O[C@H](CN3CCC[C@H]3CO)[C@H](C)[C@H](c3ccc(CO)cc3)O2)cc1. The zero-order valence-corrected chi connectivity index (χ0v) is 23.3. The van der Waals surface area contributed by atoms with E-state index in [-0.39, 0.29) is 43.3 Å². The molecule has 0 aliphatic carbocycles. The Kier molecular flexibility index (Phi) is 9.29. The van der Waals surface area contributed by atoms with Crippen LogP contribution in [0.25, 0.3) is 11.1 Å². The van der Waals surface area contributed by atoms with E-state index in [2.05, 4.69) is 47.5 Å². The Morgan fingerprint density at radius 2 is 1.70 bits per heavy atom. The van der Waals surface area contributed by atoms with Gasteiger partial charge in [0.25, 0.3) is 0 Å². The van der Waals surface area contributed by atoms with Gasteiger partial charge in [0.05, 0.1) is 25.4 Å². The molecule has 2 aliphatic rings. The lowest BCUT2D eigenvalue weighted by molar-refractivity contribution is -0.276. The Morgan fingerprint density at radius 1 is 0.975 bits per heavy atom. The van der Waals surface area contributed by atoms with Gasteiger partial charge in [-0.15, -0.1) is 0 Å². The van der Waals surface area contributed by atoms with Crippen molar-refractivity contribution < 1.29 is 24.5 Å². The van der Waals surface area contributed by atoms with Crippen LogP contribution in [0.15, 0.2) is 72.8 Å². The summed E-state index contributed by atoms with van der Waals surface area (Å²) in [5, 5.41) is 22.3. The Balaban J connectivity index is 1.40. The Labute approximate surface area is 236 Å². The Hall–Kier alpha value is -3.07. The molecule has 2 aliphatic heterocycles. The van der Waals surface area contributed by atoms with Crippen LogP contribution in [0.3, 0.4) is 0 Å². The van der Waals surface area contributed by atoms with E-state index in [1.54, 1.807) is 0 Å². The first kappa shape index (κ1) is 28.5. The van der Waals surface area contributed by atoms with Gasteiger partial charge in [0.2, 0.25) is 5.91 Å². The van der Waals surface area contributed by atoms with E-state index in [0.29, 0.717) is 6.54 Å². The lowest BCUT2D eigenvalue weighted by atomic mass is 9.89. The fourth-order valence-electron chi connectivity index (χ4n) is 5.90. The number of amides is 1. The van der Waals surface area contributed by atoms with E-state index in [9.17, 15) is 15.0 Å². The largest absolute Gasteiger partial charge is 0.395 e. The van der Waals surface area contributed by atoms with E-state index in [1.807, 2.05) is 42.5 Å². The minimum absolute atomic E-state index is 0.00746. The van der Waals surface area contributed by atoms with Gasteiger partial charge in [-0.2, -0.15) is 0 Å². The third-order valence-electron chi connectivity index (χ3n) is 8.29. The monoisotopic (exact) mass is 544 g/mol. The second kappa shape index (κ2) is 13.1. The summed E-state index contributed by atoms with van der Waals surface area (Å²) in [4.78, 5) is 13.8. The molecule has 3 N–H and O–H groups in total. The second-order valence-electron chi connectivity index (χ2n) is 11.0. The van der Waals surface area contributed by atoms with Crippen molar-refractivity contribution in [3.63, 3.8) is 0 Å². The van der Waals surface area contributed by atoms with E-state index in [1.165, 1.54) is 6.92 Å². The van der Waals surface area contributed by atoms with Crippen molar-refractivity contribution in [2.45, 2.75) is 64.4 Å². The molecule has 2 heterocycles. The molecule has 0 saturated carbocycles. The van der Waals surface area contributed by atoms with Crippen LogP contribution in [0.2, 0.25) is 0 Å². The highest BCUT2D eigenvalue weighted by molar-refractivity contribution is 5.74. The van der Waals surface area contributed by atoms with Gasteiger partial charge in [-0.3, -0.25) is 9.69 Å². The van der Waals surface area contributed by atoms with Gasteiger partial charge in [0.15, 0.2) is 6.29 Å². The third kappa shape index (κ3) is 6.45. The number of carbonyl (C=O) groups is 1. The highest BCUT2D eigenvalue weighted by atomic mass is 16.7. The van der Waals surface area contributed by atoms with Gasteiger partial charge < -0.3 is 25.0 Å². The van der Waals surface area contributed by atoms with Crippen LogP contribution in [0, 0.1) is 5.92 Å². The maximum Gasteiger partial charge on any atom is 0.217 e. The molecule has 0 unspecified atom stereocenters. The van der Waals surface area contributed by atoms with Crippen molar-refractivity contribution >= 4 is 5.91 Å². The summed E-state index contributed by atoms with van der Waals surface area (Å²) >= 11 is 0. The summed E-state index contributed by atoms with van der Waals surface area (Å²) in [7, 11) is 0. The fourth-order valence-corrected chi connectivity index (χ4v) is 5.90. The van der Waals surface area contributed by atoms with Gasteiger partial charge in [-0.1, -0.05) is 79.7 Å². The standard InChI is InChI=1S/C33H40N2O5/c1-22-31(19-35-17-5-7-29(35)21-37)39-33(40-32(22)26-11-9-24(20-36)10-12-26)27-15-13-25(14-16-27)30-8-4-3-6-28(30)18-34-23(2)38/h3-4,6,8-16,22,29,31-33,36-37H,5,7,17-21H2,1-2H3,(H,34,38)/t22-,29-,31+,32+,33+/m0/s1. The molecule has 212 valence electrons. The molecule has 0 spiro atoms. The molecule has 0 radical (unpaired) electrons. The summed E-state index contributed by atoms with van der Waals surface area (Å²) in [6.45, 7) is 6.05. The molecule has 7 heteroatoms. The van der Waals surface area contributed by atoms with Crippen LogP contribution in [-0.4, -0.2) is 52.9 Å². The van der Waals surface area contributed by atoms with Crippen molar-refractivity contribution in [3.8, 4) is 11.1 Å². The maximum atomic E-state index is 11.5.